The van der Waals surface area contributed by atoms with Crippen LogP contribution in [0.1, 0.15) is 18.5 Å². The number of morpholine rings is 1. The molecule has 2 heterocycles. The summed E-state index contributed by atoms with van der Waals surface area (Å²) >= 11 is 0. The van der Waals surface area contributed by atoms with Gasteiger partial charge in [0.2, 0.25) is 0 Å². The SMILES string of the molecule is CN/C=C(\C(=N)C1CC1)c1cnc2ccc(N3CCOCC3)cc2n1. The fourth-order valence-corrected chi connectivity index (χ4v) is 3.17. The molecule has 0 unspecified atom stereocenters. The first kappa shape index (κ1) is 16.0. The molecule has 4 rings (SSSR count). The molecule has 1 aliphatic carbocycles. The highest BCUT2D eigenvalue weighted by Crippen LogP contribution is 2.35. The summed E-state index contributed by atoms with van der Waals surface area (Å²) in [5.74, 6) is 0.372. The number of benzene rings is 1. The topological polar surface area (TPSA) is 74.1 Å². The van der Waals surface area contributed by atoms with Crippen molar-refractivity contribution >= 4 is 28.0 Å². The summed E-state index contributed by atoms with van der Waals surface area (Å²) in [6.45, 7) is 3.32. The summed E-state index contributed by atoms with van der Waals surface area (Å²) in [5, 5.41) is 11.5. The quantitative estimate of drug-likeness (QED) is 0.820. The number of nitrogens with zero attached hydrogens (tertiary/aromatic N) is 3. The van der Waals surface area contributed by atoms with E-state index in [0.29, 0.717) is 11.6 Å². The molecule has 6 heteroatoms. The lowest BCUT2D eigenvalue weighted by Crippen LogP contribution is -2.36. The Morgan fingerprint density at radius 1 is 1.28 bits per heavy atom. The zero-order valence-corrected chi connectivity index (χ0v) is 14.5. The Hall–Kier alpha value is -2.47. The second-order valence-electron chi connectivity index (χ2n) is 6.56. The number of nitrogens with one attached hydrogen (secondary N) is 2. The lowest BCUT2D eigenvalue weighted by molar-refractivity contribution is 0.122. The van der Waals surface area contributed by atoms with Crippen LogP contribution >= 0.6 is 0 Å². The average molecular weight is 337 g/mol. The van der Waals surface area contributed by atoms with E-state index in [1.165, 1.54) is 0 Å². The van der Waals surface area contributed by atoms with Crippen LogP contribution in [0.15, 0.2) is 30.6 Å². The zero-order chi connectivity index (χ0) is 17.2. The number of fused-ring (bicyclic) bond motifs is 1. The summed E-state index contributed by atoms with van der Waals surface area (Å²) in [4.78, 5) is 11.7. The number of anilines is 1. The molecule has 2 N–H and O–H groups in total. The monoisotopic (exact) mass is 337 g/mol. The van der Waals surface area contributed by atoms with Crippen molar-refractivity contribution in [3.63, 3.8) is 0 Å². The van der Waals surface area contributed by atoms with Gasteiger partial charge in [-0.3, -0.25) is 4.98 Å². The van der Waals surface area contributed by atoms with Crippen LogP contribution in [0.25, 0.3) is 16.6 Å². The second kappa shape index (κ2) is 6.80. The van der Waals surface area contributed by atoms with Crippen molar-refractivity contribution in [3.8, 4) is 0 Å². The number of ether oxygens (including phenoxy) is 1. The molecule has 2 aromatic rings. The first-order chi connectivity index (χ1) is 12.3. The first-order valence-electron chi connectivity index (χ1n) is 8.82. The van der Waals surface area contributed by atoms with E-state index in [1.54, 1.807) is 6.20 Å². The van der Waals surface area contributed by atoms with Crippen LogP contribution in [0, 0.1) is 11.3 Å². The predicted molar refractivity (Wildman–Crippen MR) is 100 cm³/mol. The summed E-state index contributed by atoms with van der Waals surface area (Å²) in [5.41, 5.74) is 5.16. The Balaban J connectivity index is 1.69. The van der Waals surface area contributed by atoms with Gasteiger partial charge in [-0.2, -0.15) is 0 Å². The first-order valence-corrected chi connectivity index (χ1v) is 8.82. The molecule has 2 fully saturated rings. The van der Waals surface area contributed by atoms with Crippen molar-refractivity contribution in [2.75, 3.05) is 38.3 Å². The minimum Gasteiger partial charge on any atom is -0.393 e. The van der Waals surface area contributed by atoms with Crippen LogP contribution < -0.4 is 10.2 Å². The van der Waals surface area contributed by atoms with Gasteiger partial charge >= 0.3 is 0 Å². The number of hydrogen-bond donors (Lipinski definition) is 2. The van der Waals surface area contributed by atoms with Gasteiger partial charge in [0.1, 0.15) is 0 Å². The third-order valence-corrected chi connectivity index (χ3v) is 4.74. The van der Waals surface area contributed by atoms with Crippen LogP contribution in [0.2, 0.25) is 0 Å². The normalized spacial score (nSPS) is 18.4. The maximum absolute atomic E-state index is 8.42. The molecule has 1 aliphatic heterocycles. The fourth-order valence-electron chi connectivity index (χ4n) is 3.17. The van der Waals surface area contributed by atoms with Crippen LogP contribution in [0.5, 0.6) is 0 Å². The lowest BCUT2D eigenvalue weighted by Gasteiger charge is -2.28. The van der Waals surface area contributed by atoms with Gasteiger partial charge in [0.05, 0.1) is 36.1 Å². The van der Waals surface area contributed by atoms with E-state index >= 15 is 0 Å². The molecule has 0 atom stereocenters. The summed E-state index contributed by atoms with van der Waals surface area (Å²) in [6, 6.07) is 6.21. The molecule has 1 saturated heterocycles. The molecule has 1 aromatic carbocycles. The van der Waals surface area contributed by atoms with Gasteiger partial charge in [-0.05, 0) is 31.0 Å². The standard InChI is InChI=1S/C19H23N5O/c1-21-11-15(19(20)13-2-3-13)18-12-22-16-5-4-14(10-17(16)23-18)24-6-8-25-9-7-24/h4-5,10-13,20-21H,2-3,6-9H2,1H3/b15-11-,20-19?. The highest BCUT2D eigenvalue weighted by atomic mass is 16.5. The minimum absolute atomic E-state index is 0.372. The summed E-state index contributed by atoms with van der Waals surface area (Å²) < 4.78 is 5.43. The average Bonchev–Trinajstić information content (AvgIpc) is 3.51. The molecule has 6 nitrogen and oxygen atoms in total. The molecule has 130 valence electrons. The minimum atomic E-state index is 0.372. The van der Waals surface area contributed by atoms with E-state index in [0.717, 1.165) is 67.1 Å². The van der Waals surface area contributed by atoms with Gasteiger partial charge in [-0.1, -0.05) is 0 Å². The molecular weight excluding hydrogens is 314 g/mol. The van der Waals surface area contributed by atoms with E-state index in [2.05, 4.69) is 27.3 Å². The molecule has 0 spiro atoms. The summed E-state index contributed by atoms with van der Waals surface area (Å²) in [7, 11) is 1.85. The number of aromatic nitrogens is 2. The Kier molecular flexibility index (Phi) is 4.36. The Morgan fingerprint density at radius 3 is 2.80 bits per heavy atom. The Bertz CT molecular complexity index is 822. The van der Waals surface area contributed by atoms with Crippen LogP contribution in [-0.2, 0) is 4.74 Å². The van der Waals surface area contributed by atoms with Gasteiger partial charge in [0, 0.05) is 49.2 Å². The maximum Gasteiger partial charge on any atom is 0.0925 e. The van der Waals surface area contributed by atoms with E-state index in [1.807, 2.05) is 19.3 Å². The maximum atomic E-state index is 8.42. The van der Waals surface area contributed by atoms with E-state index in [4.69, 9.17) is 15.1 Å². The van der Waals surface area contributed by atoms with Crippen LogP contribution in [-0.4, -0.2) is 49.0 Å². The largest absolute Gasteiger partial charge is 0.393 e. The van der Waals surface area contributed by atoms with Crippen molar-refractivity contribution in [1.82, 2.24) is 15.3 Å². The highest BCUT2D eigenvalue weighted by Gasteiger charge is 2.29. The van der Waals surface area contributed by atoms with Crippen molar-refractivity contribution in [2.45, 2.75) is 12.8 Å². The van der Waals surface area contributed by atoms with E-state index < -0.39 is 0 Å². The third kappa shape index (κ3) is 3.35. The smallest absolute Gasteiger partial charge is 0.0925 e. The molecule has 2 aliphatic rings. The number of rotatable bonds is 5. The molecule has 0 amide bonds. The molecule has 0 radical (unpaired) electrons. The van der Waals surface area contributed by atoms with Crippen molar-refractivity contribution < 1.29 is 4.74 Å². The molecule has 1 aromatic heterocycles. The van der Waals surface area contributed by atoms with Gasteiger partial charge in [-0.15, -0.1) is 0 Å². The van der Waals surface area contributed by atoms with Gasteiger partial charge in [0.15, 0.2) is 0 Å². The highest BCUT2D eigenvalue weighted by molar-refractivity contribution is 6.23. The van der Waals surface area contributed by atoms with Crippen molar-refractivity contribution in [1.29, 1.82) is 5.41 Å². The molecule has 0 bridgehead atoms. The van der Waals surface area contributed by atoms with E-state index in [-0.39, 0.29) is 0 Å². The molecular formula is C19H23N5O. The van der Waals surface area contributed by atoms with Crippen molar-refractivity contribution in [3.05, 3.63) is 36.3 Å². The molecule has 1 saturated carbocycles. The lowest BCUT2D eigenvalue weighted by atomic mass is 10.0. The predicted octanol–water partition coefficient (Wildman–Crippen LogP) is 2.46. The second-order valence-corrected chi connectivity index (χ2v) is 6.56. The van der Waals surface area contributed by atoms with Gasteiger partial charge < -0.3 is 20.4 Å². The fraction of sp³-hybridized carbons (Fsp3) is 0.421. The summed E-state index contributed by atoms with van der Waals surface area (Å²) in [6.07, 6.45) is 5.84. The van der Waals surface area contributed by atoms with Crippen LogP contribution in [0.3, 0.4) is 0 Å². The van der Waals surface area contributed by atoms with E-state index in [9.17, 15) is 0 Å². The van der Waals surface area contributed by atoms with Crippen LogP contribution in [0.4, 0.5) is 5.69 Å². The number of hydrogen-bond acceptors (Lipinski definition) is 6. The third-order valence-electron chi connectivity index (χ3n) is 4.74. The van der Waals surface area contributed by atoms with Gasteiger partial charge in [0.25, 0.3) is 0 Å². The Labute approximate surface area is 147 Å². The molecule has 25 heavy (non-hydrogen) atoms. The van der Waals surface area contributed by atoms with Crippen molar-refractivity contribution in [2.24, 2.45) is 5.92 Å². The van der Waals surface area contributed by atoms with Gasteiger partial charge in [-0.25, -0.2) is 4.98 Å². The Morgan fingerprint density at radius 2 is 2.08 bits per heavy atom. The zero-order valence-electron chi connectivity index (χ0n) is 14.5. The number of allylic oxidation sites excluding steroid dienone is 1.